The molecular weight excluding hydrogens is 333 g/mol. The molecule has 0 aromatic heterocycles. The third-order valence-corrected chi connectivity index (χ3v) is 3.59. The number of nitrogens with one attached hydrogen (secondary N) is 1. The van der Waals surface area contributed by atoms with Crippen LogP contribution in [0.2, 0.25) is 5.02 Å². The first kappa shape index (κ1) is 22.5. The average Bonchev–Trinajstić information content (AvgIpc) is 2.32. The van der Waals surface area contributed by atoms with E-state index in [-0.39, 0.29) is 30.0 Å². The van der Waals surface area contributed by atoms with Crippen molar-refractivity contribution < 1.29 is 9.84 Å². The maximum atomic E-state index is 10.1. The highest BCUT2D eigenvalue weighted by Crippen LogP contribution is 2.26. The topological polar surface area (TPSA) is 41.5 Å². The molecule has 3 nitrogen and oxygen atoms in total. The van der Waals surface area contributed by atoms with Crippen molar-refractivity contribution >= 4 is 24.0 Å². The summed E-state index contributed by atoms with van der Waals surface area (Å²) in [5, 5.41) is 14.2. The van der Waals surface area contributed by atoms with Crippen molar-refractivity contribution in [1.82, 2.24) is 5.32 Å². The number of halogens is 2. The lowest BCUT2D eigenvalue weighted by molar-refractivity contribution is 0.0941. The van der Waals surface area contributed by atoms with Crippen molar-refractivity contribution in [3.63, 3.8) is 0 Å². The molecule has 0 aliphatic rings. The molecule has 0 radical (unpaired) electrons. The van der Waals surface area contributed by atoms with Gasteiger partial charge in [-0.15, -0.1) is 12.4 Å². The van der Waals surface area contributed by atoms with Crippen LogP contribution in [0.3, 0.4) is 0 Å². The van der Waals surface area contributed by atoms with Gasteiger partial charge >= 0.3 is 0 Å². The van der Waals surface area contributed by atoms with Crippen LogP contribution in [0.1, 0.15) is 46.6 Å². The first-order chi connectivity index (χ1) is 9.98. The molecule has 0 bridgehead atoms. The van der Waals surface area contributed by atoms with Gasteiger partial charge in [-0.3, -0.25) is 0 Å². The van der Waals surface area contributed by atoms with E-state index in [1.54, 1.807) is 6.07 Å². The summed E-state index contributed by atoms with van der Waals surface area (Å²) < 4.78 is 5.67. The fraction of sp³-hybridized carbons (Fsp3) is 0.667. The summed E-state index contributed by atoms with van der Waals surface area (Å²) in [5.74, 6) is 0.761. The monoisotopic (exact) mass is 363 g/mol. The number of aliphatic hydroxyl groups excluding tert-OH is 1. The number of hydrogen-bond acceptors (Lipinski definition) is 3. The second-order valence-electron chi connectivity index (χ2n) is 7.88. The zero-order valence-corrected chi connectivity index (χ0v) is 16.6. The molecule has 0 spiro atoms. The summed E-state index contributed by atoms with van der Waals surface area (Å²) in [6.45, 7) is 13.7. The van der Waals surface area contributed by atoms with Gasteiger partial charge in [-0.25, -0.2) is 0 Å². The van der Waals surface area contributed by atoms with Crippen LogP contribution in [-0.2, 0) is 0 Å². The maximum Gasteiger partial charge on any atom is 0.122 e. The maximum absolute atomic E-state index is 10.1. The van der Waals surface area contributed by atoms with E-state index in [1.807, 2.05) is 19.1 Å². The second-order valence-corrected chi connectivity index (χ2v) is 8.31. The molecule has 0 aliphatic carbocycles. The molecule has 23 heavy (non-hydrogen) atoms. The minimum Gasteiger partial charge on any atom is -0.491 e. The molecule has 2 N–H and O–H groups in total. The van der Waals surface area contributed by atoms with Gasteiger partial charge in [0.05, 0.1) is 0 Å². The summed E-state index contributed by atoms with van der Waals surface area (Å²) in [6.07, 6.45) is 0.485. The van der Waals surface area contributed by atoms with Crippen molar-refractivity contribution in [3.8, 4) is 5.75 Å². The molecule has 1 aromatic carbocycles. The van der Waals surface area contributed by atoms with Crippen LogP contribution in [0, 0.1) is 12.3 Å². The molecule has 0 heterocycles. The highest BCUT2D eigenvalue weighted by Gasteiger charge is 2.25. The Morgan fingerprint density at radius 2 is 1.83 bits per heavy atom. The minimum atomic E-state index is -0.547. The Hall–Kier alpha value is -0.480. The Morgan fingerprint density at radius 1 is 1.22 bits per heavy atom. The lowest BCUT2D eigenvalue weighted by atomic mass is 9.82. The Morgan fingerprint density at radius 3 is 2.35 bits per heavy atom. The van der Waals surface area contributed by atoms with Gasteiger partial charge in [-0.1, -0.05) is 32.4 Å². The number of β-amino-alcohol motifs (C(OH)–C–C–N with tert-alkyl or cyclic N) is 1. The van der Waals surface area contributed by atoms with E-state index in [1.165, 1.54) is 0 Å². The van der Waals surface area contributed by atoms with Gasteiger partial charge < -0.3 is 15.2 Å². The highest BCUT2D eigenvalue weighted by atomic mass is 35.5. The lowest BCUT2D eigenvalue weighted by Crippen LogP contribution is -2.46. The fourth-order valence-corrected chi connectivity index (χ4v) is 3.03. The summed E-state index contributed by atoms with van der Waals surface area (Å²) in [7, 11) is 0. The van der Waals surface area contributed by atoms with E-state index in [4.69, 9.17) is 16.3 Å². The third-order valence-electron chi connectivity index (χ3n) is 3.36. The molecule has 1 rings (SSSR count). The Bertz CT molecular complexity index is 484. The average molecular weight is 364 g/mol. The lowest BCUT2D eigenvalue weighted by Gasteiger charge is -2.34. The van der Waals surface area contributed by atoms with Gasteiger partial charge in [0.2, 0.25) is 0 Å². The SMILES string of the molecule is Cc1cc(Cl)ccc1OCC(O)CNC(C)(C)CC(C)(C)C.Cl. The molecule has 0 aliphatic heterocycles. The van der Waals surface area contributed by atoms with E-state index < -0.39 is 6.10 Å². The first-order valence-corrected chi connectivity index (χ1v) is 8.18. The number of hydrogen-bond donors (Lipinski definition) is 2. The Balaban J connectivity index is 0.00000484. The first-order valence-electron chi connectivity index (χ1n) is 7.81. The van der Waals surface area contributed by atoms with Gasteiger partial charge in [0.25, 0.3) is 0 Å². The summed E-state index contributed by atoms with van der Waals surface area (Å²) in [5.41, 5.74) is 1.20. The van der Waals surface area contributed by atoms with Gasteiger partial charge in [0, 0.05) is 17.1 Å². The minimum absolute atomic E-state index is 0. The highest BCUT2D eigenvalue weighted by molar-refractivity contribution is 6.30. The van der Waals surface area contributed by atoms with E-state index in [2.05, 4.69) is 39.9 Å². The fourth-order valence-electron chi connectivity index (χ4n) is 2.80. The number of aryl methyl sites for hydroxylation is 1. The predicted molar refractivity (Wildman–Crippen MR) is 101 cm³/mol. The molecule has 1 atom stereocenters. The van der Waals surface area contributed by atoms with Crippen molar-refractivity contribution in [3.05, 3.63) is 28.8 Å². The molecular formula is C18H31Cl2NO2. The number of rotatable bonds is 7. The van der Waals surface area contributed by atoms with Crippen molar-refractivity contribution in [2.75, 3.05) is 13.2 Å². The quantitative estimate of drug-likeness (QED) is 0.742. The third kappa shape index (κ3) is 9.41. The number of benzene rings is 1. The molecule has 0 saturated heterocycles. The summed E-state index contributed by atoms with van der Waals surface area (Å²) in [4.78, 5) is 0. The van der Waals surface area contributed by atoms with E-state index in [9.17, 15) is 5.11 Å². The largest absolute Gasteiger partial charge is 0.491 e. The van der Waals surface area contributed by atoms with E-state index in [0.717, 1.165) is 17.7 Å². The van der Waals surface area contributed by atoms with E-state index in [0.29, 0.717) is 11.6 Å². The van der Waals surface area contributed by atoms with Crippen molar-refractivity contribution in [2.24, 2.45) is 5.41 Å². The van der Waals surface area contributed by atoms with Crippen LogP contribution in [0.5, 0.6) is 5.75 Å². The molecule has 0 amide bonds. The molecule has 0 saturated carbocycles. The van der Waals surface area contributed by atoms with Crippen LogP contribution in [-0.4, -0.2) is 29.9 Å². The molecule has 1 aromatic rings. The molecule has 5 heteroatoms. The van der Waals surface area contributed by atoms with Crippen LogP contribution >= 0.6 is 24.0 Å². The molecule has 0 fully saturated rings. The summed E-state index contributed by atoms with van der Waals surface area (Å²) >= 11 is 5.92. The van der Waals surface area contributed by atoms with Crippen LogP contribution in [0.25, 0.3) is 0 Å². The standard InChI is InChI=1S/C18H30ClNO2.ClH/c1-13-9-14(19)7-8-16(13)22-11-15(21)10-20-18(5,6)12-17(2,3)4;/h7-9,15,20-21H,10-12H2,1-6H3;1H. The number of ether oxygens (including phenoxy) is 1. The number of aliphatic hydroxyl groups is 1. The predicted octanol–water partition coefficient (Wildman–Crippen LogP) is 4.61. The zero-order chi connectivity index (χ0) is 17.0. The van der Waals surface area contributed by atoms with Crippen molar-refractivity contribution in [2.45, 2.75) is 59.6 Å². The van der Waals surface area contributed by atoms with Crippen LogP contribution in [0.15, 0.2) is 18.2 Å². The van der Waals surface area contributed by atoms with Gasteiger partial charge in [0.15, 0.2) is 0 Å². The smallest absolute Gasteiger partial charge is 0.122 e. The molecule has 1 unspecified atom stereocenters. The Kier molecular flexibility index (Phi) is 8.93. The zero-order valence-electron chi connectivity index (χ0n) is 15.1. The van der Waals surface area contributed by atoms with Gasteiger partial charge in [-0.2, -0.15) is 0 Å². The van der Waals surface area contributed by atoms with Crippen molar-refractivity contribution in [1.29, 1.82) is 0 Å². The summed E-state index contributed by atoms with van der Waals surface area (Å²) in [6, 6.07) is 5.48. The Labute approximate surface area is 152 Å². The van der Waals surface area contributed by atoms with Crippen LogP contribution in [0.4, 0.5) is 0 Å². The van der Waals surface area contributed by atoms with Gasteiger partial charge in [-0.05, 0) is 56.4 Å². The second kappa shape index (κ2) is 9.12. The molecule has 134 valence electrons. The van der Waals surface area contributed by atoms with E-state index >= 15 is 0 Å². The van der Waals surface area contributed by atoms with Crippen LogP contribution < -0.4 is 10.1 Å². The van der Waals surface area contributed by atoms with Gasteiger partial charge in [0.1, 0.15) is 18.5 Å². The normalized spacial score (nSPS) is 13.4.